The van der Waals surface area contributed by atoms with E-state index in [1.54, 1.807) is 6.08 Å². The van der Waals surface area contributed by atoms with E-state index in [9.17, 15) is 30.3 Å². The maximum absolute atomic E-state index is 12.6. The van der Waals surface area contributed by atoms with E-state index in [1.165, 1.54) is 57.8 Å². The van der Waals surface area contributed by atoms with Crippen molar-refractivity contribution in [1.82, 2.24) is 5.32 Å². The van der Waals surface area contributed by atoms with Crippen LogP contribution in [0.25, 0.3) is 10.4 Å². The molecule has 1 saturated heterocycles. The van der Waals surface area contributed by atoms with Crippen LogP contribution < -0.4 is 5.32 Å². The van der Waals surface area contributed by atoms with E-state index in [4.69, 9.17) is 15.0 Å². The summed E-state index contributed by atoms with van der Waals surface area (Å²) in [6.45, 7) is 1.77. The van der Waals surface area contributed by atoms with Crippen LogP contribution in [0.4, 0.5) is 0 Å². The zero-order chi connectivity index (χ0) is 31.0. The Bertz CT molecular complexity index is 766. The number of allylic oxidation sites excluding steroid dienone is 1. The molecule has 0 bridgehead atoms. The molecule has 1 amide bonds. The van der Waals surface area contributed by atoms with Gasteiger partial charge in [-0.2, -0.15) is 0 Å². The summed E-state index contributed by atoms with van der Waals surface area (Å²) in [5.74, 6) is -0.293. The Hall–Kier alpha value is -1.76. The highest BCUT2D eigenvalue weighted by Gasteiger charge is 2.44. The molecule has 12 heteroatoms. The average Bonchev–Trinajstić information content (AvgIpc) is 2.98. The second kappa shape index (κ2) is 24.7. The van der Waals surface area contributed by atoms with Gasteiger partial charge in [0, 0.05) is 17.9 Å². The Morgan fingerprint density at radius 2 is 1.57 bits per heavy atom. The van der Waals surface area contributed by atoms with Gasteiger partial charge in [0.25, 0.3) is 0 Å². The molecule has 0 aromatic carbocycles. The maximum Gasteiger partial charge on any atom is 0.220 e. The fraction of sp³-hybridized carbons (Fsp3) is 0.900. The Kier molecular flexibility index (Phi) is 22.5. The first-order chi connectivity index (χ1) is 20.3. The number of ether oxygens (including phenoxy) is 2. The van der Waals surface area contributed by atoms with Gasteiger partial charge in [0.2, 0.25) is 5.91 Å². The van der Waals surface area contributed by atoms with Gasteiger partial charge in [-0.05, 0) is 31.2 Å². The first-order valence-corrected chi connectivity index (χ1v) is 15.9. The number of rotatable bonds is 25. The second-order valence-electron chi connectivity index (χ2n) is 11.2. The van der Waals surface area contributed by atoms with Gasteiger partial charge in [0.1, 0.15) is 24.4 Å². The van der Waals surface area contributed by atoms with Crippen LogP contribution in [0.3, 0.4) is 0 Å². The van der Waals surface area contributed by atoms with Gasteiger partial charge in [-0.25, -0.2) is 0 Å². The molecule has 7 atom stereocenters. The van der Waals surface area contributed by atoms with Gasteiger partial charge in [0.15, 0.2) is 6.29 Å². The molecule has 1 fully saturated rings. The van der Waals surface area contributed by atoms with Crippen molar-refractivity contribution < 1.29 is 39.8 Å². The van der Waals surface area contributed by atoms with E-state index in [-0.39, 0.29) is 18.9 Å². The Morgan fingerprint density at radius 1 is 0.952 bits per heavy atom. The first kappa shape index (κ1) is 38.3. The molecule has 42 heavy (non-hydrogen) atoms. The standard InChI is InChI=1S/C30H56N4O8/c1-2-3-4-5-6-7-8-9-10-11-12-13-15-18-24(36)23(33-26(37)19-16-14-17-20-32-34-31)22-41-30-29(40)28(39)27(38)25(21-35)42-30/h15,18,23-25,27-30,35-36,38-40H,2-14,16-17,19-22H2,1H3,(H,33,37)/b18-15+/t23-,24+,25?,27-,28?,29+,30-/m1/s1. The summed E-state index contributed by atoms with van der Waals surface area (Å²) in [5, 5.41) is 56.7. The number of azide groups is 1. The predicted molar refractivity (Wildman–Crippen MR) is 160 cm³/mol. The van der Waals surface area contributed by atoms with Crippen molar-refractivity contribution >= 4 is 5.91 Å². The Balaban J connectivity index is 2.52. The topological polar surface area (TPSA) is 197 Å². The van der Waals surface area contributed by atoms with E-state index in [1.807, 2.05) is 6.08 Å². The number of nitrogens with one attached hydrogen (secondary N) is 1. The van der Waals surface area contributed by atoms with Crippen LogP contribution >= 0.6 is 0 Å². The molecule has 244 valence electrons. The zero-order valence-electron chi connectivity index (χ0n) is 25.4. The molecule has 0 radical (unpaired) electrons. The van der Waals surface area contributed by atoms with Crippen molar-refractivity contribution in [1.29, 1.82) is 0 Å². The SMILES string of the molecule is CCCCCCCCCCCCC/C=C/[C@H](O)[C@@H](CO[C@@H]1OC(CO)[C@@H](O)C(O)[C@@H]1O)NC(=O)CCCCCN=[N+]=[N-]. The molecule has 1 rings (SSSR count). The molecule has 6 N–H and O–H groups in total. The molecule has 1 heterocycles. The van der Waals surface area contributed by atoms with Crippen LogP contribution in [0.1, 0.15) is 110 Å². The molecule has 0 saturated carbocycles. The monoisotopic (exact) mass is 600 g/mol. The highest BCUT2D eigenvalue weighted by atomic mass is 16.7. The van der Waals surface area contributed by atoms with Crippen molar-refractivity contribution in [3.8, 4) is 0 Å². The zero-order valence-corrected chi connectivity index (χ0v) is 25.4. The van der Waals surface area contributed by atoms with Crippen LogP contribution in [0, 0.1) is 0 Å². The molecule has 12 nitrogen and oxygen atoms in total. The van der Waals surface area contributed by atoms with E-state index in [0.29, 0.717) is 25.8 Å². The van der Waals surface area contributed by atoms with Crippen LogP contribution in [0.15, 0.2) is 17.3 Å². The highest BCUT2D eigenvalue weighted by molar-refractivity contribution is 5.76. The minimum Gasteiger partial charge on any atom is -0.394 e. The number of hydrogen-bond donors (Lipinski definition) is 6. The lowest BCUT2D eigenvalue weighted by Gasteiger charge is -2.40. The summed E-state index contributed by atoms with van der Waals surface area (Å²) < 4.78 is 11.0. The molecule has 0 aromatic heterocycles. The molecule has 1 aliphatic rings. The Morgan fingerprint density at radius 3 is 2.19 bits per heavy atom. The summed E-state index contributed by atoms with van der Waals surface area (Å²) in [4.78, 5) is 15.3. The van der Waals surface area contributed by atoms with Gasteiger partial charge >= 0.3 is 0 Å². The van der Waals surface area contributed by atoms with Crippen molar-refractivity contribution in [3.05, 3.63) is 22.6 Å². The van der Waals surface area contributed by atoms with E-state index >= 15 is 0 Å². The number of carbonyl (C=O) groups excluding carboxylic acids is 1. The van der Waals surface area contributed by atoms with Crippen molar-refractivity contribution in [2.75, 3.05) is 19.8 Å². The number of aliphatic hydroxyl groups is 5. The van der Waals surface area contributed by atoms with Gasteiger partial charge in [-0.15, -0.1) is 0 Å². The lowest BCUT2D eigenvalue weighted by molar-refractivity contribution is -0.302. The summed E-state index contributed by atoms with van der Waals surface area (Å²) in [7, 11) is 0. The normalized spacial score (nSPS) is 23.9. The molecule has 1 aliphatic heterocycles. The van der Waals surface area contributed by atoms with Crippen molar-refractivity contribution in [2.24, 2.45) is 5.11 Å². The van der Waals surface area contributed by atoms with Crippen LogP contribution in [-0.4, -0.2) is 94.1 Å². The summed E-state index contributed by atoms with van der Waals surface area (Å²) >= 11 is 0. The third kappa shape index (κ3) is 16.8. The smallest absolute Gasteiger partial charge is 0.220 e. The average molecular weight is 601 g/mol. The fourth-order valence-corrected chi connectivity index (χ4v) is 4.89. The number of nitrogens with zero attached hydrogens (tertiary/aromatic N) is 3. The van der Waals surface area contributed by atoms with Gasteiger partial charge in [-0.1, -0.05) is 94.8 Å². The molecule has 0 aromatic rings. The fourth-order valence-electron chi connectivity index (χ4n) is 4.89. The number of unbranched alkanes of at least 4 members (excludes halogenated alkanes) is 13. The van der Waals surface area contributed by atoms with Gasteiger partial charge in [-0.3, -0.25) is 4.79 Å². The van der Waals surface area contributed by atoms with E-state index in [2.05, 4.69) is 22.3 Å². The highest BCUT2D eigenvalue weighted by Crippen LogP contribution is 2.22. The Labute approximate surface area is 251 Å². The lowest BCUT2D eigenvalue weighted by Crippen LogP contribution is -2.60. The van der Waals surface area contributed by atoms with Crippen molar-refractivity contribution in [2.45, 2.75) is 153 Å². The number of aliphatic hydroxyl groups excluding tert-OH is 5. The predicted octanol–water partition coefficient (Wildman–Crippen LogP) is 3.78. The first-order valence-electron chi connectivity index (χ1n) is 15.9. The van der Waals surface area contributed by atoms with Crippen LogP contribution in [-0.2, 0) is 14.3 Å². The summed E-state index contributed by atoms with van der Waals surface area (Å²) in [6.07, 6.45) is 12.0. The van der Waals surface area contributed by atoms with E-state index in [0.717, 1.165) is 19.3 Å². The molecule has 0 spiro atoms. The summed E-state index contributed by atoms with van der Waals surface area (Å²) in [5.41, 5.74) is 8.34. The largest absolute Gasteiger partial charge is 0.394 e. The van der Waals surface area contributed by atoms with Crippen LogP contribution in [0.2, 0.25) is 0 Å². The second-order valence-corrected chi connectivity index (χ2v) is 11.2. The molecular weight excluding hydrogens is 544 g/mol. The quantitative estimate of drug-likeness (QED) is 0.0299. The van der Waals surface area contributed by atoms with Crippen LogP contribution in [0.5, 0.6) is 0 Å². The molecular formula is C30H56N4O8. The maximum atomic E-state index is 12.6. The third-order valence-corrected chi connectivity index (χ3v) is 7.58. The third-order valence-electron chi connectivity index (χ3n) is 7.58. The summed E-state index contributed by atoms with van der Waals surface area (Å²) in [6, 6.07) is -0.860. The lowest BCUT2D eigenvalue weighted by atomic mass is 9.99. The number of carbonyl (C=O) groups is 1. The molecule has 0 aliphatic carbocycles. The number of amides is 1. The minimum absolute atomic E-state index is 0.210. The number of hydrogen-bond acceptors (Lipinski definition) is 9. The van der Waals surface area contributed by atoms with Crippen molar-refractivity contribution in [3.63, 3.8) is 0 Å². The van der Waals surface area contributed by atoms with E-state index < -0.39 is 49.5 Å². The minimum atomic E-state index is -1.59. The van der Waals surface area contributed by atoms with Gasteiger partial charge < -0.3 is 40.3 Å². The van der Waals surface area contributed by atoms with Gasteiger partial charge in [0.05, 0.1) is 25.4 Å². The molecule has 2 unspecified atom stereocenters.